The van der Waals surface area contributed by atoms with E-state index in [4.69, 9.17) is 0 Å². The Morgan fingerprint density at radius 1 is 1.35 bits per heavy atom. The third-order valence-corrected chi connectivity index (χ3v) is 4.34. The second kappa shape index (κ2) is 4.78. The molecule has 0 amide bonds. The number of hydrogen-bond donors (Lipinski definition) is 2. The van der Waals surface area contributed by atoms with Crippen LogP contribution in [0.1, 0.15) is 43.0 Å². The molecule has 1 aliphatic carbocycles. The van der Waals surface area contributed by atoms with E-state index in [2.05, 4.69) is 17.2 Å². The Balaban J connectivity index is 1.97. The van der Waals surface area contributed by atoms with E-state index in [1.165, 1.54) is 19.3 Å². The molecular weight excluding hydrogens is 252 g/mol. The lowest BCUT2D eigenvalue weighted by atomic mass is 9.75. The number of pyridine rings is 1. The number of nitrogens with one attached hydrogen (secondary N) is 1. The average molecular weight is 270 g/mol. The molecule has 0 atom stereocenters. The maximum Gasteiger partial charge on any atom is 0.336 e. The summed E-state index contributed by atoms with van der Waals surface area (Å²) in [6.45, 7) is 2.19. The fourth-order valence-electron chi connectivity index (χ4n) is 2.85. The fraction of sp³-hybridized carbons (Fsp3) is 0.375. The van der Waals surface area contributed by atoms with Gasteiger partial charge in [0.2, 0.25) is 0 Å². The van der Waals surface area contributed by atoms with E-state index in [1.54, 1.807) is 12.1 Å². The maximum atomic E-state index is 11.2. The van der Waals surface area contributed by atoms with Crippen molar-refractivity contribution in [2.75, 3.05) is 5.32 Å². The van der Waals surface area contributed by atoms with Crippen LogP contribution in [0.5, 0.6) is 0 Å². The van der Waals surface area contributed by atoms with E-state index in [-0.39, 0.29) is 5.54 Å². The lowest BCUT2D eigenvalue weighted by Gasteiger charge is -2.42. The molecule has 4 nitrogen and oxygen atoms in total. The van der Waals surface area contributed by atoms with Gasteiger partial charge in [0.1, 0.15) is 5.82 Å². The number of carboxylic acid groups (broad SMARTS) is 1. The minimum Gasteiger partial charge on any atom is -0.478 e. The molecule has 3 rings (SSSR count). The standard InChI is InChI=1S/C16H18N2O2/c1-2-16(9-4-10-16)18-14-8-7-11-12(15(19)20)5-3-6-13(11)17-14/h3,5-8H,2,4,9-10H2,1H3,(H,17,18)(H,19,20). The number of anilines is 1. The van der Waals surface area contributed by atoms with E-state index < -0.39 is 5.97 Å². The van der Waals surface area contributed by atoms with Crippen molar-refractivity contribution in [1.29, 1.82) is 0 Å². The average Bonchev–Trinajstić information content (AvgIpc) is 2.41. The highest BCUT2D eigenvalue weighted by Gasteiger charge is 2.35. The minimum absolute atomic E-state index is 0.186. The zero-order valence-corrected chi connectivity index (χ0v) is 11.5. The van der Waals surface area contributed by atoms with Crippen LogP contribution < -0.4 is 5.32 Å². The van der Waals surface area contributed by atoms with Gasteiger partial charge in [-0.1, -0.05) is 13.0 Å². The number of carbonyl (C=O) groups is 1. The third-order valence-electron chi connectivity index (χ3n) is 4.34. The first-order valence-corrected chi connectivity index (χ1v) is 7.05. The highest BCUT2D eigenvalue weighted by molar-refractivity contribution is 6.02. The van der Waals surface area contributed by atoms with Gasteiger partial charge in [-0.15, -0.1) is 0 Å². The van der Waals surface area contributed by atoms with Crippen LogP contribution in [0.25, 0.3) is 10.9 Å². The normalized spacial score (nSPS) is 16.6. The van der Waals surface area contributed by atoms with Gasteiger partial charge in [-0.2, -0.15) is 0 Å². The molecule has 1 saturated carbocycles. The molecule has 0 aliphatic heterocycles. The van der Waals surface area contributed by atoms with Crippen LogP contribution in [0.4, 0.5) is 5.82 Å². The second-order valence-electron chi connectivity index (χ2n) is 5.49. The summed E-state index contributed by atoms with van der Waals surface area (Å²) in [5.41, 5.74) is 1.21. The zero-order valence-electron chi connectivity index (χ0n) is 11.5. The molecule has 0 saturated heterocycles. The second-order valence-corrected chi connectivity index (χ2v) is 5.49. The Kier molecular flexibility index (Phi) is 3.08. The van der Waals surface area contributed by atoms with Gasteiger partial charge in [0.05, 0.1) is 11.1 Å². The van der Waals surface area contributed by atoms with Crippen LogP contribution in [-0.2, 0) is 0 Å². The molecule has 20 heavy (non-hydrogen) atoms. The highest BCUT2D eigenvalue weighted by Crippen LogP contribution is 2.37. The van der Waals surface area contributed by atoms with Crippen molar-refractivity contribution in [2.24, 2.45) is 0 Å². The number of carboxylic acids is 1. The van der Waals surface area contributed by atoms with Gasteiger partial charge >= 0.3 is 5.97 Å². The summed E-state index contributed by atoms with van der Waals surface area (Å²) in [7, 11) is 0. The van der Waals surface area contributed by atoms with E-state index in [9.17, 15) is 9.90 Å². The van der Waals surface area contributed by atoms with Crippen molar-refractivity contribution >= 4 is 22.7 Å². The van der Waals surface area contributed by atoms with Gasteiger partial charge in [0.25, 0.3) is 0 Å². The summed E-state index contributed by atoms with van der Waals surface area (Å²) in [5, 5.41) is 13.4. The number of benzene rings is 1. The Hall–Kier alpha value is -2.10. The number of nitrogens with zero attached hydrogens (tertiary/aromatic N) is 1. The number of rotatable bonds is 4. The summed E-state index contributed by atoms with van der Waals surface area (Å²) in [5.74, 6) is -0.0799. The van der Waals surface area contributed by atoms with Gasteiger partial charge in [-0.05, 0) is 49.9 Å². The zero-order chi connectivity index (χ0) is 14.2. The van der Waals surface area contributed by atoms with E-state index in [0.29, 0.717) is 10.9 Å². The van der Waals surface area contributed by atoms with Crippen LogP contribution in [0, 0.1) is 0 Å². The van der Waals surface area contributed by atoms with Crippen molar-refractivity contribution in [3.8, 4) is 0 Å². The largest absolute Gasteiger partial charge is 0.478 e. The Bertz CT molecular complexity index is 657. The lowest BCUT2D eigenvalue weighted by molar-refractivity contribution is 0.0699. The molecule has 1 fully saturated rings. The molecule has 0 radical (unpaired) electrons. The molecule has 0 unspecified atom stereocenters. The van der Waals surface area contributed by atoms with Crippen molar-refractivity contribution in [2.45, 2.75) is 38.1 Å². The number of fused-ring (bicyclic) bond motifs is 1. The molecule has 1 aromatic carbocycles. The molecule has 1 aliphatic rings. The van der Waals surface area contributed by atoms with Crippen LogP contribution in [0.15, 0.2) is 30.3 Å². The summed E-state index contributed by atoms with van der Waals surface area (Å²) in [4.78, 5) is 15.7. The summed E-state index contributed by atoms with van der Waals surface area (Å²) in [6, 6.07) is 8.92. The van der Waals surface area contributed by atoms with Gasteiger partial charge in [0, 0.05) is 10.9 Å². The smallest absolute Gasteiger partial charge is 0.336 e. The van der Waals surface area contributed by atoms with Crippen LogP contribution in [-0.4, -0.2) is 21.6 Å². The minimum atomic E-state index is -0.915. The van der Waals surface area contributed by atoms with Crippen LogP contribution in [0.3, 0.4) is 0 Å². The van der Waals surface area contributed by atoms with E-state index >= 15 is 0 Å². The first-order chi connectivity index (χ1) is 9.63. The van der Waals surface area contributed by atoms with Crippen molar-refractivity contribution < 1.29 is 9.90 Å². The monoisotopic (exact) mass is 270 g/mol. The van der Waals surface area contributed by atoms with Crippen molar-refractivity contribution in [3.63, 3.8) is 0 Å². The highest BCUT2D eigenvalue weighted by atomic mass is 16.4. The molecular formula is C16H18N2O2. The molecule has 2 N–H and O–H groups in total. The SMILES string of the molecule is CCC1(Nc2ccc3c(C(=O)O)cccc3n2)CCC1. The summed E-state index contributed by atoms with van der Waals surface area (Å²) < 4.78 is 0. The van der Waals surface area contributed by atoms with E-state index in [1.807, 2.05) is 18.2 Å². The van der Waals surface area contributed by atoms with E-state index in [0.717, 1.165) is 17.8 Å². The van der Waals surface area contributed by atoms with Crippen molar-refractivity contribution in [3.05, 3.63) is 35.9 Å². The predicted octanol–water partition coefficient (Wildman–Crippen LogP) is 3.68. The van der Waals surface area contributed by atoms with Crippen LogP contribution in [0.2, 0.25) is 0 Å². The Morgan fingerprint density at radius 3 is 2.75 bits per heavy atom. The predicted molar refractivity (Wildman–Crippen MR) is 79.2 cm³/mol. The topological polar surface area (TPSA) is 62.2 Å². The van der Waals surface area contributed by atoms with Crippen molar-refractivity contribution in [1.82, 2.24) is 4.98 Å². The maximum absolute atomic E-state index is 11.2. The molecule has 1 aromatic heterocycles. The molecule has 4 heteroatoms. The summed E-state index contributed by atoms with van der Waals surface area (Å²) >= 11 is 0. The summed E-state index contributed by atoms with van der Waals surface area (Å²) in [6.07, 6.45) is 4.70. The lowest BCUT2D eigenvalue weighted by Crippen LogP contribution is -2.44. The molecule has 1 heterocycles. The Labute approximate surface area is 117 Å². The fourth-order valence-corrected chi connectivity index (χ4v) is 2.85. The van der Waals surface area contributed by atoms with Gasteiger partial charge in [-0.25, -0.2) is 9.78 Å². The first kappa shape index (κ1) is 12.9. The number of hydrogen-bond acceptors (Lipinski definition) is 3. The number of aromatic nitrogens is 1. The van der Waals surface area contributed by atoms with Gasteiger partial charge in [0.15, 0.2) is 0 Å². The number of aromatic carboxylic acids is 1. The Morgan fingerprint density at radius 2 is 2.15 bits per heavy atom. The molecule has 0 bridgehead atoms. The molecule has 2 aromatic rings. The van der Waals surface area contributed by atoms with Crippen LogP contribution >= 0.6 is 0 Å². The quantitative estimate of drug-likeness (QED) is 0.889. The molecule has 104 valence electrons. The first-order valence-electron chi connectivity index (χ1n) is 7.05. The van der Waals surface area contributed by atoms with Gasteiger partial charge in [-0.3, -0.25) is 0 Å². The third kappa shape index (κ3) is 2.11. The molecule has 0 spiro atoms. The van der Waals surface area contributed by atoms with Gasteiger partial charge < -0.3 is 10.4 Å².